The van der Waals surface area contributed by atoms with Crippen LogP contribution in [0.4, 0.5) is 13.2 Å². The third kappa shape index (κ3) is 9.88. The molecule has 2 N–H and O–H groups in total. The van der Waals surface area contributed by atoms with Crippen LogP contribution in [0.25, 0.3) is 0 Å². The van der Waals surface area contributed by atoms with Crippen molar-refractivity contribution < 1.29 is 13.2 Å². The van der Waals surface area contributed by atoms with Crippen LogP contribution in [-0.4, -0.2) is 56.8 Å². The summed E-state index contributed by atoms with van der Waals surface area (Å²) >= 11 is 0. The van der Waals surface area contributed by atoms with Crippen molar-refractivity contribution in [2.45, 2.75) is 32.0 Å². The fraction of sp³-hybridized carbons (Fsp3) is 0.588. The van der Waals surface area contributed by atoms with Gasteiger partial charge in [-0.3, -0.25) is 9.89 Å². The molecule has 0 aromatic heterocycles. The molecule has 4 nitrogen and oxygen atoms in total. The lowest BCUT2D eigenvalue weighted by Gasteiger charge is -2.25. The van der Waals surface area contributed by atoms with Gasteiger partial charge in [-0.25, -0.2) is 0 Å². The number of aliphatic imine (C=N–C) groups is 1. The van der Waals surface area contributed by atoms with Crippen LogP contribution in [0.15, 0.2) is 35.3 Å². The number of benzene rings is 1. The highest BCUT2D eigenvalue weighted by Gasteiger charge is 2.28. The number of guanidine groups is 1. The predicted molar refractivity (Wildman–Crippen MR) is 108 cm³/mol. The molecule has 0 radical (unpaired) electrons. The minimum atomic E-state index is -4.17. The lowest BCUT2D eigenvalue weighted by molar-refractivity contribution is -0.142. The van der Waals surface area contributed by atoms with Crippen LogP contribution in [0, 0.1) is 0 Å². The first kappa shape index (κ1) is 24.0. The lowest BCUT2D eigenvalue weighted by Crippen LogP contribution is -2.46. The molecule has 25 heavy (non-hydrogen) atoms. The van der Waals surface area contributed by atoms with Crippen LogP contribution in [0.2, 0.25) is 0 Å². The number of likely N-dealkylation sites (N-methyl/N-ethyl adjacent to an activating group) is 1. The molecule has 1 rings (SSSR count). The van der Waals surface area contributed by atoms with Gasteiger partial charge in [0.2, 0.25) is 0 Å². The van der Waals surface area contributed by atoms with Crippen molar-refractivity contribution in [3.05, 3.63) is 35.9 Å². The number of halogens is 4. The molecule has 0 saturated carbocycles. The number of alkyl halides is 3. The van der Waals surface area contributed by atoms with Crippen molar-refractivity contribution in [1.29, 1.82) is 0 Å². The Morgan fingerprint density at radius 2 is 1.80 bits per heavy atom. The maximum atomic E-state index is 12.3. The van der Waals surface area contributed by atoms with E-state index in [1.807, 2.05) is 18.2 Å². The Balaban J connectivity index is 0.00000576. The number of nitrogens with one attached hydrogen (secondary N) is 2. The van der Waals surface area contributed by atoms with Crippen LogP contribution in [0.1, 0.15) is 25.3 Å². The smallest absolute Gasteiger partial charge is 0.355 e. The Morgan fingerprint density at radius 3 is 2.32 bits per heavy atom. The van der Waals surface area contributed by atoms with Gasteiger partial charge < -0.3 is 10.6 Å². The number of rotatable bonds is 7. The average molecular weight is 472 g/mol. The van der Waals surface area contributed by atoms with Gasteiger partial charge in [0, 0.05) is 32.1 Å². The second-order valence-corrected chi connectivity index (χ2v) is 5.98. The first-order chi connectivity index (χ1) is 11.2. The summed E-state index contributed by atoms with van der Waals surface area (Å²) in [5, 5.41) is 6.34. The van der Waals surface area contributed by atoms with Gasteiger partial charge in [0.25, 0.3) is 0 Å². The van der Waals surface area contributed by atoms with Gasteiger partial charge in [0.1, 0.15) is 0 Å². The second-order valence-electron chi connectivity index (χ2n) is 5.98. The van der Waals surface area contributed by atoms with Crippen LogP contribution in [-0.2, 0) is 0 Å². The third-order valence-electron chi connectivity index (χ3n) is 3.90. The monoisotopic (exact) mass is 472 g/mol. The summed E-state index contributed by atoms with van der Waals surface area (Å²) in [5.74, 6) is 0.864. The summed E-state index contributed by atoms with van der Waals surface area (Å²) in [7, 11) is 3.10. The molecule has 2 unspecified atom stereocenters. The summed E-state index contributed by atoms with van der Waals surface area (Å²) in [5.41, 5.74) is 1.22. The zero-order valence-electron chi connectivity index (χ0n) is 15.1. The van der Waals surface area contributed by atoms with Crippen LogP contribution < -0.4 is 10.6 Å². The highest BCUT2D eigenvalue weighted by molar-refractivity contribution is 14.0. The van der Waals surface area contributed by atoms with E-state index in [4.69, 9.17) is 0 Å². The van der Waals surface area contributed by atoms with Crippen molar-refractivity contribution in [1.82, 2.24) is 15.5 Å². The summed E-state index contributed by atoms with van der Waals surface area (Å²) in [6, 6.07) is 10.3. The van der Waals surface area contributed by atoms with E-state index < -0.39 is 12.7 Å². The molecule has 0 heterocycles. The molecular formula is C17H28F3IN4. The lowest BCUT2D eigenvalue weighted by atomic mass is 9.94. The molecule has 1 aromatic carbocycles. The second kappa shape index (κ2) is 11.6. The molecule has 0 bridgehead atoms. The van der Waals surface area contributed by atoms with E-state index in [1.165, 1.54) is 17.5 Å². The maximum Gasteiger partial charge on any atom is 0.401 e. The highest BCUT2D eigenvalue weighted by Crippen LogP contribution is 2.18. The van der Waals surface area contributed by atoms with Crippen molar-refractivity contribution in [2.75, 3.05) is 33.7 Å². The Hall–Kier alpha value is -1.03. The van der Waals surface area contributed by atoms with E-state index in [0.717, 1.165) is 0 Å². The number of hydrogen-bond donors (Lipinski definition) is 2. The summed E-state index contributed by atoms with van der Waals surface area (Å²) in [6.07, 6.45) is -4.17. The molecule has 1 aromatic rings. The molecule has 144 valence electrons. The van der Waals surface area contributed by atoms with E-state index in [-0.39, 0.29) is 42.5 Å². The normalized spacial score (nSPS) is 14.6. The average Bonchev–Trinajstić information content (AvgIpc) is 2.52. The van der Waals surface area contributed by atoms with E-state index in [9.17, 15) is 13.2 Å². The zero-order chi connectivity index (χ0) is 18.2. The molecular weight excluding hydrogens is 444 g/mol. The summed E-state index contributed by atoms with van der Waals surface area (Å²) in [6.45, 7) is 3.93. The van der Waals surface area contributed by atoms with Crippen LogP contribution in [0.5, 0.6) is 0 Å². The first-order valence-corrected chi connectivity index (χ1v) is 8.00. The molecule has 0 saturated heterocycles. The maximum absolute atomic E-state index is 12.3. The Labute approximate surface area is 165 Å². The quantitative estimate of drug-likeness (QED) is 0.363. The van der Waals surface area contributed by atoms with Crippen LogP contribution in [0.3, 0.4) is 0 Å². The molecule has 0 spiro atoms. The molecule has 0 aliphatic heterocycles. The third-order valence-corrected chi connectivity index (χ3v) is 3.90. The standard InChI is InChI=1S/C17H27F3N4.HI/c1-13(15-8-6-5-7-9-15)14(2)23-16(21-3)22-10-11-24(4)12-17(18,19)20;/h5-9,13-14H,10-12H2,1-4H3,(H2,21,22,23);1H. The molecule has 0 aliphatic rings. The van der Waals surface area contributed by atoms with Crippen molar-refractivity contribution in [3.8, 4) is 0 Å². The first-order valence-electron chi connectivity index (χ1n) is 8.00. The minimum Gasteiger partial charge on any atom is -0.355 e. The topological polar surface area (TPSA) is 39.7 Å². The predicted octanol–water partition coefficient (Wildman–Crippen LogP) is 3.46. The number of nitrogens with zero attached hydrogens (tertiary/aromatic N) is 2. The molecule has 2 atom stereocenters. The van der Waals surface area contributed by atoms with Gasteiger partial charge in [-0.1, -0.05) is 37.3 Å². The largest absolute Gasteiger partial charge is 0.401 e. The number of hydrogen-bond acceptors (Lipinski definition) is 2. The van der Waals surface area contributed by atoms with Crippen molar-refractivity contribution >= 4 is 29.9 Å². The zero-order valence-corrected chi connectivity index (χ0v) is 17.4. The Kier molecular flexibility index (Phi) is 11.1. The Morgan fingerprint density at radius 1 is 1.20 bits per heavy atom. The van der Waals surface area contributed by atoms with E-state index in [1.54, 1.807) is 7.05 Å². The van der Waals surface area contributed by atoms with Gasteiger partial charge in [-0.05, 0) is 19.5 Å². The van der Waals surface area contributed by atoms with Gasteiger partial charge in [0.05, 0.1) is 6.54 Å². The summed E-state index contributed by atoms with van der Waals surface area (Å²) in [4.78, 5) is 5.36. The summed E-state index contributed by atoms with van der Waals surface area (Å²) < 4.78 is 36.8. The van der Waals surface area contributed by atoms with Crippen molar-refractivity contribution in [3.63, 3.8) is 0 Å². The molecule has 0 aliphatic carbocycles. The van der Waals surface area contributed by atoms with Gasteiger partial charge in [-0.15, -0.1) is 24.0 Å². The van der Waals surface area contributed by atoms with E-state index in [2.05, 4.69) is 41.6 Å². The van der Waals surface area contributed by atoms with Crippen LogP contribution >= 0.6 is 24.0 Å². The minimum absolute atomic E-state index is 0. The van der Waals surface area contributed by atoms with Gasteiger partial charge in [-0.2, -0.15) is 13.2 Å². The molecule has 0 fully saturated rings. The highest BCUT2D eigenvalue weighted by atomic mass is 127. The van der Waals surface area contributed by atoms with E-state index in [0.29, 0.717) is 12.5 Å². The SMILES string of the molecule is CN=C(NCCN(C)CC(F)(F)F)NC(C)C(C)c1ccccc1.I. The molecule has 8 heteroatoms. The Bertz CT molecular complexity index is 508. The van der Waals surface area contributed by atoms with Crippen molar-refractivity contribution in [2.24, 2.45) is 4.99 Å². The fourth-order valence-electron chi connectivity index (χ4n) is 2.33. The molecule has 0 amide bonds. The van der Waals surface area contributed by atoms with Gasteiger partial charge >= 0.3 is 6.18 Å². The fourth-order valence-corrected chi connectivity index (χ4v) is 2.33. The van der Waals surface area contributed by atoms with E-state index >= 15 is 0 Å². The van der Waals surface area contributed by atoms with Gasteiger partial charge in [0.15, 0.2) is 5.96 Å².